The van der Waals surface area contributed by atoms with E-state index in [1.54, 1.807) is 25.3 Å². The van der Waals surface area contributed by atoms with Crippen molar-refractivity contribution >= 4 is 23.2 Å². The molecule has 4 aromatic rings. The van der Waals surface area contributed by atoms with E-state index in [-0.39, 0.29) is 5.91 Å². The molecular weight excluding hydrogens is 418 g/mol. The molecule has 4 aromatic carbocycles. The molecule has 0 spiro atoms. The lowest BCUT2D eigenvalue weighted by Gasteiger charge is -2.34. The van der Waals surface area contributed by atoms with E-state index in [4.69, 9.17) is 16.3 Å². The van der Waals surface area contributed by atoms with Gasteiger partial charge in [-0.05, 0) is 41.3 Å². The Morgan fingerprint density at radius 3 is 1.84 bits per heavy atom. The van der Waals surface area contributed by atoms with Crippen molar-refractivity contribution in [3.63, 3.8) is 0 Å². The maximum Gasteiger partial charge on any atom is 0.239 e. The molecule has 0 saturated heterocycles. The highest BCUT2D eigenvalue weighted by atomic mass is 35.5. The molecule has 4 rings (SSSR count). The highest BCUT2D eigenvalue weighted by Crippen LogP contribution is 2.38. The molecule has 32 heavy (non-hydrogen) atoms. The molecule has 4 heteroatoms. The Kier molecular flexibility index (Phi) is 6.58. The molecule has 0 radical (unpaired) electrons. The van der Waals surface area contributed by atoms with Gasteiger partial charge in [0.2, 0.25) is 5.91 Å². The summed E-state index contributed by atoms with van der Waals surface area (Å²) in [6.07, 6.45) is 0.511. The largest absolute Gasteiger partial charge is 0.495 e. The Bertz CT molecular complexity index is 1140. The summed E-state index contributed by atoms with van der Waals surface area (Å²) in [5.74, 6) is 0.436. The summed E-state index contributed by atoms with van der Waals surface area (Å²) in [5.41, 5.74) is 2.60. The van der Waals surface area contributed by atoms with Crippen LogP contribution in [0.5, 0.6) is 5.75 Å². The number of benzene rings is 4. The minimum Gasteiger partial charge on any atom is -0.495 e. The highest BCUT2D eigenvalue weighted by molar-refractivity contribution is 6.32. The summed E-state index contributed by atoms with van der Waals surface area (Å²) in [5, 5.41) is 3.56. The minimum absolute atomic E-state index is 0.125. The third-order valence-electron chi connectivity index (χ3n) is 5.64. The molecule has 0 fully saturated rings. The van der Waals surface area contributed by atoms with Gasteiger partial charge in [-0.15, -0.1) is 0 Å². The molecule has 0 aliphatic carbocycles. The van der Waals surface area contributed by atoms with Crippen LogP contribution in [0.15, 0.2) is 109 Å². The van der Waals surface area contributed by atoms with Gasteiger partial charge in [0.15, 0.2) is 0 Å². The number of hydrogen-bond acceptors (Lipinski definition) is 2. The van der Waals surface area contributed by atoms with E-state index in [9.17, 15) is 4.79 Å². The van der Waals surface area contributed by atoms with Gasteiger partial charge in [-0.2, -0.15) is 0 Å². The zero-order valence-corrected chi connectivity index (χ0v) is 18.5. The van der Waals surface area contributed by atoms with E-state index in [0.717, 1.165) is 16.7 Å². The van der Waals surface area contributed by atoms with Gasteiger partial charge in [0.05, 0.1) is 12.1 Å². The van der Waals surface area contributed by atoms with E-state index >= 15 is 0 Å². The van der Waals surface area contributed by atoms with Gasteiger partial charge in [0.25, 0.3) is 0 Å². The number of ether oxygens (including phenoxy) is 1. The zero-order chi connectivity index (χ0) is 22.4. The van der Waals surface area contributed by atoms with Gasteiger partial charge < -0.3 is 10.1 Å². The van der Waals surface area contributed by atoms with Crippen LogP contribution < -0.4 is 10.1 Å². The number of hydrogen-bond donors (Lipinski definition) is 1. The summed E-state index contributed by atoms with van der Waals surface area (Å²) in [7, 11) is 1.56. The maximum atomic E-state index is 14.1. The number of methoxy groups -OCH3 is 1. The van der Waals surface area contributed by atoms with Gasteiger partial charge in [-0.1, -0.05) is 103 Å². The number of halogens is 1. The van der Waals surface area contributed by atoms with Crippen LogP contribution in [-0.4, -0.2) is 13.0 Å². The summed E-state index contributed by atoms with van der Waals surface area (Å²) in [6, 6.07) is 35.2. The average Bonchev–Trinajstić information content (AvgIpc) is 2.84. The second-order valence-corrected chi connectivity index (χ2v) is 8.01. The van der Waals surface area contributed by atoms with Crippen molar-refractivity contribution in [3.05, 3.63) is 131 Å². The van der Waals surface area contributed by atoms with E-state index in [1.165, 1.54) is 0 Å². The van der Waals surface area contributed by atoms with E-state index in [0.29, 0.717) is 22.9 Å². The first-order valence-electron chi connectivity index (χ1n) is 10.4. The number of nitrogens with one attached hydrogen (secondary N) is 1. The lowest BCUT2D eigenvalue weighted by Crippen LogP contribution is -2.43. The number of carbonyl (C=O) groups is 1. The first-order valence-corrected chi connectivity index (χ1v) is 10.8. The lowest BCUT2D eigenvalue weighted by atomic mass is 9.69. The van der Waals surface area contributed by atoms with Crippen LogP contribution in [0, 0.1) is 0 Å². The van der Waals surface area contributed by atoms with Crippen LogP contribution in [-0.2, 0) is 16.6 Å². The molecule has 160 valence electrons. The molecule has 0 saturated carbocycles. The topological polar surface area (TPSA) is 38.3 Å². The normalized spacial score (nSPS) is 11.1. The second kappa shape index (κ2) is 9.71. The monoisotopic (exact) mass is 441 g/mol. The summed E-state index contributed by atoms with van der Waals surface area (Å²) in [4.78, 5) is 14.1. The third kappa shape index (κ3) is 4.39. The summed E-state index contributed by atoms with van der Waals surface area (Å²) in [6.45, 7) is 0. The molecule has 0 bridgehead atoms. The summed E-state index contributed by atoms with van der Waals surface area (Å²) >= 11 is 6.31. The van der Waals surface area contributed by atoms with Crippen molar-refractivity contribution < 1.29 is 9.53 Å². The lowest BCUT2D eigenvalue weighted by molar-refractivity contribution is -0.120. The molecule has 1 amide bonds. The van der Waals surface area contributed by atoms with Crippen LogP contribution in [0.4, 0.5) is 5.69 Å². The predicted octanol–water partition coefficient (Wildman–Crippen LogP) is 6.52. The standard InChI is InChI=1S/C28H24ClNO2/c1-32-26-18-17-24(19-25(26)29)30-27(31)28(22-13-7-3-8-14-22,23-15-9-4-10-16-23)20-21-11-5-2-6-12-21/h2-19H,20H2,1H3,(H,30,31). The van der Waals surface area contributed by atoms with Crippen LogP contribution in [0.3, 0.4) is 0 Å². The molecule has 3 nitrogen and oxygen atoms in total. The molecule has 0 atom stereocenters. The van der Waals surface area contributed by atoms with E-state index in [1.807, 2.05) is 78.9 Å². The van der Waals surface area contributed by atoms with Gasteiger partial charge >= 0.3 is 0 Å². The fourth-order valence-corrected chi connectivity index (χ4v) is 4.30. The molecule has 0 unspecified atom stereocenters. The van der Waals surface area contributed by atoms with Crippen molar-refractivity contribution in [2.75, 3.05) is 12.4 Å². The Hall–Kier alpha value is -3.56. The van der Waals surface area contributed by atoms with Crippen molar-refractivity contribution in [2.45, 2.75) is 11.8 Å². The second-order valence-electron chi connectivity index (χ2n) is 7.60. The first kappa shape index (κ1) is 21.7. The van der Waals surface area contributed by atoms with Crippen molar-refractivity contribution in [1.29, 1.82) is 0 Å². The van der Waals surface area contributed by atoms with Crippen LogP contribution in [0.25, 0.3) is 0 Å². The van der Waals surface area contributed by atoms with Crippen LogP contribution in [0.2, 0.25) is 5.02 Å². The Morgan fingerprint density at radius 1 is 0.812 bits per heavy atom. The Morgan fingerprint density at radius 2 is 1.34 bits per heavy atom. The fourth-order valence-electron chi connectivity index (χ4n) is 4.04. The maximum absolute atomic E-state index is 14.1. The SMILES string of the molecule is COc1ccc(NC(=O)C(Cc2ccccc2)(c2ccccc2)c2ccccc2)cc1Cl. The average molecular weight is 442 g/mol. The molecular formula is C28H24ClNO2. The zero-order valence-electron chi connectivity index (χ0n) is 17.8. The van der Waals surface area contributed by atoms with Gasteiger partial charge in [0.1, 0.15) is 11.2 Å². The number of rotatable bonds is 7. The minimum atomic E-state index is -0.934. The third-order valence-corrected chi connectivity index (χ3v) is 5.94. The fraction of sp³-hybridized carbons (Fsp3) is 0.107. The van der Waals surface area contributed by atoms with Crippen molar-refractivity contribution in [1.82, 2.24) is 0 Å². The van der Waals surface area contributed by atoms with Crippen molar-refractivity contribution in [3.8, 4) is 5.75 Å². The molecule has 0 heterocycles. The van der Waals surface area contributed by atoms with Gasteiger partial charge in [-0.3, -0.25) is 4.79 Å². The van der Waals surface area contributed by atoms with E-state index < -0.39 is 5.41 Å². The van der Waals surface area contributed by atoms with Gasteiger partial charge in [0, 0.05) is 5.69 Å². The Balaban J connectivity index is 1.85. The predicted molar refractivity (Wildman–Crippen MR) is 130 cm³/mol. The molecule has 0 aliphatic rings. The van der Waals surface area contributed by atoms with Crippen molar-refractivity contribution in [2.24, 2.45) is 0 Å². The summed E-state index contributed by atoms with van der Waals surface area (Å²) < 4.78 is 5.25. The number of anilines is 1. The quantitative estimate of drug-likeness (QED) is 0.354. The molecule has 0 aromatic heterocycles. The molecule has 0 aliphatic heterocycles. The molecule has 1 N–H and O–H groups in total. The number of amides is 1. The number of carbonyl (C=O) groups excluding carboxylic acids is 1. The van der Waals surface area contributed by atoms with Crippen LogP contribution in [0.1, 0.15) is 16.7 Å². The van der Waals surface area contributed by atoms with Crippen LogP contribution >= 0.6 is 11.6 Å². The smallest absolute Gasteiger partial charge is 0.239 e. The van der Waals surface area contributed by atoms with Gasteiger partial charge in [-0.25, -0.2) is 0 Å². The van der Waals surface area contributed by atoms with E-state index in [2.05, 4.69) is 17.4 Å². The highest BCUT2D eigenvalue weighted by Gasteiger charge is 2.42. The first-order chi connectivity index (χ1) is 15.6. The Labute approximate surface area is 193 Å².